The first-order valence-corrected chi connectivity index (χ1v) is 8.72. The maximum Gasteiger partial charge on any atom is 0.228 e. The molecule has 4 nitrogen and oxygen atoms in total. The van der Waals surface area contributed by atoms with Crippen LogP contribution < -0.4 is 5.32 Å². The van der Waals surface area contributed by atoms with Crippen molar-refractivity contribution in [2.24, 2.45) is 0 Å². The summed E-state index contributed by atoms with van der Waals surface area (Å²) in [6, 6.07) is 17.1. The lowest BCUT2D eigenvalue weighted by atomic mass is 10.1. The molecule has 3 aromatic rings. The summed E-state index contributed by atoms with van der Waals surface area (Å²) in [5, 5.41) is 11.2. The number of aromatic amines is 1. The molecule has 2 N–H and O–H groups in total. The second kappa shape index (κ2) is 7.99. The number of H-pyrrole nitrogens is 1. The lowest BCUT2D eigenvalue weighted by molar-refractivity contribution is -0.115. The van der Waals surface area contributed by atoms with Crippen LogP contribution in [0.2, 0.25) is 5.02 Å². The van der Waals surface area contributed by atoms with E-state index >= 15 is 0 Å². The highest BCUT2D eigenvalue weighted by Crippen LogP contribution is 2.30. The molecule has 0 aliphatic heterocycles. The quantitative estimate of drug-likeness (QED) is 0.664. The van der Waals surface area contributed by atoms with Gasteiger partial charge in [0.2, 0.25) is 5.91 Å². The van der Waals surface area contributed by atoms with Crippen molar-refractivity contribution < 1.29 is 4.79 Å². The molecule has 0 unspecified atom stereocenters. The number of amides is 1. The summed E-state index contributed by atoms with van der Waals surface area (Å²) in [4.78, 5) is 12.5. The van der Waals surface area contributed by atoms with Crippen molar-refractivity contribution in [3.05, 3.63) is 70.9 Å². The van der Waals surface area contributed by atoms with E-state index in [4.69, 9.17) is 11.6 Å². The van der Waals surface area contributed by atoms with E-state index in [1.54, 1.807) is 0 Å². The van der Waals surface area contributed by atoms with Crippen LogP contribution in [-0.4, -0.2) is 16.1 Å². The van der Waals surface area contributed by atoms with Crippen molar-refractivity contribution >= 4 is 23.2 Å². The molecule has 0 fully saturated rings. The lowest BCUT2D eigenvalue weighted by Crippen LogP contribution is -2.15. The minimum absolute atomic E-state index is 0.0554. The van der Waals surface area contributed by atoms with Crippen molar-refractivity contribution in [1.29, 1.82) is 0 Å². The van der Waals surface area contributed by atoms with Crippen molar-refractivity contribution in [1.82, 2.24) is 10.2 Å². The topological polar surface area (TPSA) is 57.8 Å². The third kappa shape index (κ3) is 4.28. The average molecular weight is 354 g/mol. The van der Waals surface area contributed by atoms with Gasteiger partial charge in [0.25, 0.3) is 0 Å². The number of halogens is 1. The van der Waals surface area contributed by atoms with Crippen LogP contribution in [-0.2, 0) is 17.6 Å². The zero-order chi connectivity index (χ0) is 17.6. The van der Waals surface area contributed by atoms with Crippen LogP contribution in [0.5, 0.6) is 0 Å². The van der Waals surface area contributed by atoms with Crippen LogP contribution >= 0.6 is 11.6 Å². The normalized spacial score (nSPS) is 10.6. The molecule has 1 aromatic heterocycles. The highest BCUT2D eigenvalue weighted by molar-refractivity contribution is 6.30. The number of carbonyl (C=O) groups excluding carboxylic acids is 1. The molecule has 0 radical (unpaired) electrons. The van der Waals surface area contributed by atoms with E-state index in [-0.39, 0.29) is 5.91 Å². The van der Waals surface area contributed by atoms with Crippen LogP contribution in [0.3, 0.4) is 0 Å². The number of benzene rings is 2. The largest absolute Gasteiger partial charge is 0.322 e. The summed E-state index contributed by atoms with van der Waals surface area (Å²) < 4.78 is 0. The van der Waals surface area contributed by atoms with Gasteiger partial charge in [-0.2, -0.15) is 5.10 Å². The number of rotatable bonds is 6. The minimum atomic E-state index is -0.0554. The average Bonchev–Trinajstić information content (AvgIpc) is 2.99. The van der Waals surface area contributed by atoms with Gasteiger partial charge in [0, 0.05) is 10.6 Å². The molecule has 0 saturated heterocycles. The first kappa shape index (κ1) is 17.2. The second-order valence-electron chi connectivity index (χ2n) is 5.89. The molecule has 3 rings (SSSR count). The number of anilines is 1. The van der Waals surface area contributed by atoms with Gasteiger partial charge in [0.05, 0.1) is 17.8 Å². The first-order chi connectivity index (χ1) is 12.2. The van der Waals surface area contributed by atoms with Gasteiger partial charge in [-0.3, -0.25) is 9.89 Å². The zero-order valence-corrected chi connectivity index (χ0v) is 14.8. The molecule has 128 valence electrons. The highest BCUT2D eigenvalue weighted by atomic mass is 35.5. The molecule has 0 spiro atoms. The standard InChI is InChI=1S/C20H20ClN3O/c1-2-6-17-20(22-18(25)13-14-7-4-3-5-8-14)19(24-23-17)15-9-11-16(21)12-10-15/h3-5,7-12H,2,6,13H2,1H3,(H,22,25)(H,23,24). The Balaban J connectivity index is 1.86. The van der Waals surface area contributed by atoms with Crippen LogP contribution in [0, 0.1) is 0 Å². The van der Waals surface area contributed by atoms with Gasteiger partial charge in [-0.25, -0.2) is 0 Å². The summed E-state index contributed by atoms with van der Waals surface area (Å²) in [6.45, 7) is 2.10. The Morgan fingerprint density at radius 3 is 2.52 bits per heavy atom. The Hall–Kier alpha value is -2.59. The van der Waals surface area contributed by atoms with Crippen LogP contribution in [0.1, 0.15) is 24.6 Å². The van der Waals surface area contributed by atoms with Crippen molar-refractivity contribution in [2.75, 3.05) is 5.32 Å². The first-order valence-electron chi connectivity index (χ1n) is 8.34. The van der Waals surface area contributed by atoms with Crippen molar-refractivity contribution in [3.63, 3.8) is 0 Å². The van der Waals surface area contributed by atoms with Gasteiger partial charge < -0.3 is 5.32 Å². The van der Waals surface area contributed by atoms with Gasteiger partial charge in [-0.05, 0) is 24.1 Å². The molecule has 0 bridgehead atoms. The fourth-order valence-corrected chi connectivity index (χ4v) is 2.85. The van der Waals surface area contributed by atoms with Gasteiger partial charge in [0.1, 0.15) is 5.69 Å². The van der Waals surface area contributed by atoms with Crippen LogP contribution in [0.4, 0.5) is 5.69 Å². The maximum atomic E-state index is 12.5. The molecular weight excluding hydrogens is 334 g/mol. The molecule has 1 amide bonds. The minimum Gasteiger partial charge on any atom is -0.322 e. The summed E-state index contributed by atoms with van der Waals surface area (Å²) in [7, 11) is 0. The third-order valence-corrected chi connectivity index (χ3v) is 4.18. The van der Waals surface area contributed by atoms with E-state index in [1.165, 1.54) is 0 Å². The summed E-state index contributed by atoms with van der Waals surface area (Å²) in [6.07, 6.45) is 2.11. The van der Waals surface area contributed by atoms with Crippen LogP contribution in [0.15, 0.2) is 54.6 Å². The molecule has 5 heteroatoms. The smallest absolute Gasteiger partial charge is 0.228 e. The highest BCUT2D eigenvalue weighted by Gasteiger charge is 2.17. The van der Waals surface area contributed by atoms with Gasteiger partial charge in [0.15, 0.2) is 0 Å². The van der Waals surface area contributed by atoms with E-state index < -0.39 is 0 Å². The number of nitrogens with zero attached hydrogens (tertiary/aromatic N) is 1. The molecule has 2 aromatic carbocycles. The molecule has 0 aliphatic rings. The molecule has 25 heavy (non-hydrogen) atoms. The number of hydrogen-bond donors (Lipinski definition) is 2. The fourth-order valence-electron chi connectivity index (χ4n) is 2.73. The molecule has 1 heterocycles. The second-order valence-corrected chi connectivity index (χ2v) is 6.33. The monoisotopic (exact) mass is 353 g/mol. The molecular formula is C20H20ClN3O. The predicted octanol–water partition coefficient (Wildman–Crippen LogP) is 4.86. The van der Waals surface area contributed by atoms with E-state index in [1.807, 2.05) is 54.6 Å². The van der Waals surface area contributed by atoms with Gasteiger partial charge in [-0.15, -0.1) is 0 Å². The Labute approximate surface area is 152 Å². The van der Waals surface area contributed by atoms with E-state index in [0.717, 1.165) is 41.0 Å². The number of hydrogen-bond acceptors (Lipinski definition) is 2. The SMILES string of the molecule is CCCc1[nH]nc(-c2ccc(Cl)cc2)c1NC(=O)Cc1ccccc1. The van der Waals surface area contributed by atoms with Gasteiger partial charge in [-0.1, -0.05) is 67.4 Å². The van der Waals surface area contributed by atoms with Gasteiger partial charge >= 0.3 is 0 Å². The fraction of sp³-hybridized carbons (Fsp3) is 0.200. The Kier molecular flexibility index (Phi) is 5.51. The van der Waals surface area contributed by atoms with E-state index in [0.29, 0.717) is 11.4 Å². The van der Waals surface area contributed by atoms with Crippen molar-refractivity contribution in [3.8, 4) is 11.3 Å². The van der Waals surface area contributed by atoms with Crippen LogP contribution in [0.25, 0.3) is 11.3 Å². The third-order valence-electron chi connectivity index (χ3n) is 3.93. The van der Waals surface area contributed by atoms with Crippen molar-refractivity contribution in [2.45, 2.75) is 26.2 Å². The molecule has 0 aliphatic carbocycles. The number of aryl methyl sites for hydroxylation is 1. The summed E-state index contributed by atoms with van der Waals surface area (Å²) >= 11 is 5.97. The maximum absolute atomic E-state index is 12.5. The molecule has 0 saturated carbocycles. The number of aromatic nitrogens is 2. The number of nitrogens with one attached hydrogen (secondary N) is 2. The summed E-state index contributed by atoms with van der Waals surface area (Å²) in [5.41, 5.74) is 4.33. The lowest BCUT2D eigenvalue weighted by Gasteiger charge is -2.09. The predicted molar refractivity (Wildman–Crippen MR) is 102 cm³/mol. The Morgan fingerprint density at radius 2 is 1.84 bits per heavy atom. The Morgan fingerprint density at radius 1 is 1.12 bits per heavy atom. The summed E-state index contributed by atoms with van der Waals surface area (Å²) in [5.74, 6) is -0.0554. The Bertz CT molecular complexity index is 841. The number of carbonyl (C=O) groups is 1. The van der Waals surface area contributed by atoms with E-state index in [9.17, 15) is 4.79 Å². The molecule has 0 atom stereocenters. The zero-order valence-electron chi connectivity index (χ0n) is 14.1. The van der Waals surface area contributed by atoms with E-state index in [2.05, 4.69) is 22.4 Å².